The molecule has 1 spiro atoms. The largest absolute Gasteiger partial charge is 0.438 e. The number of nitrogens with zero attached hydrogens (tertiary/aromatic N) is 3. The van der Waals surface area contributed by atoms with E-state index >= 15 is 0 Å². The molecule has 4 rings (SSSR count). The second-order valence-electron chi connectivity index (χ2n) is 6.91. The van der Waals surface area contributed by atoms with Gasteiger partial charge in [-0.1, -0.05) is 0 Å². The monoisotopic (exact) mass is 407 g/mol. The molecule has 8 nitrogen and oxygen atoms in total. The normalized spacial score (nSPS) is 22.6. The SMILES string of the molecule is O=C(c1ccc(F)c(F)c1)N1CCOC2(C1)CN(C(=O)c1cnco1)CCCO2. The molecule has 29 heavy (non-hydrogen) atoms. The first-order chi connectivity index (χ1) is 14.0. The molecular weight excluding hydrogens is 388 g/mol. The molecule has 0 radical (unpaired) electrons. The lowest BCUT2D eigenvalue weighted by molar-refractivity contribution is -0.258. The molecule has 0 N–H and O–H groups in total. The summed E-state index contributed by atoms with van der Waals surface area (Å²) in [5, 5.41) is 0. The summed E-state index contributed by atoms with van der Waals surface area (Å²) < 4.78 is 43.6. The third kappa shape index (κ3) is 3.99. The maximum atomic E-state index is 13.5. The van der Waals surface area contributed by atoms with E-state index < -0.39 is 23.3 Å². The Hall–Kier alpha value is -2.85. The maximum absolute atomic E-state index is 13.5. The molecule has 2 fully saturated rings. The van der Waals surface area contributed by atoms with Gasteiger partial charge in [-0.15, -0.1) is 0 Å². The molecule has 1 aromatic carbocycles. The summed E-state index contributed by atoms with van der Waals surface area (Å²) in [6, 6.07) is 3.02. The molecular formula is C19H19F2N3O5. The molecule has 0 saturated carbocycles. The number of carbonyl (C=O) groups is 2. The minimum Gasteiger partial charge on any atom is -0.438 e. The van der Waals surface area contributed by atoms with Gasteiger partial charge in [0.25, 0.3) is 11.8 Å². The highest BCUT2D eigenvalue weighted by atomic mass is 19.2. The molecule has 10 heteroatoms. The lowest BCUT2D eigenvalue weighted by Crippen LogP contribution is -2.59. The first-order valence-corrected chi connectivity index (χ1v) is 9.17. The van der Waals surface area contributed by atoms with E-state index in [-0.39, 0.29) is 43.5 Å². The molecule has 2 aromatic rings. The van der Waals surface area contributed by atoms with Gasteiger partial charge < -0.3 is 23.7 Å². The highest BCUT2D eigenvalue weighted by molar-refractivity contribution is 5.94. The zero-order valence-electron chi connectivity index (χ0n) is 15.5. The minimum atomic E-state index is -1.21. The summed E-state index contributed by atoms with van der Waals surface area (Å²) in [4.78, 5) is 32.2. The lowest BCUT2D eigenvalue weighted by Gasteiger charge is -2.43. The number of oxazole rings is 1. The number of aromatic nitrogens is 1. The summed E-state index contributed by atoms with van der Waals surface area (Å²) in [5.41, 5.74) is 0.0316. The van der Waals surface area contributed by atoms with Crippen molar-refractivity contribution < 1.29 is 32.3 Å². The third-order valence-corrected chi connectivity index (χ3v) is 4.91. The zero-order chi connectivity index (χ0) is 20.4. The van der Waals surface area contributed by atoms with Crippen molar-refractivity contribution in [1.29, 1.82) is 0 Å². The Morgan fingerprint density at radius 2 is 1.76 bits per heavy atom. The van der Waals surface area contributed by atoms with Gasteiger partial charge >= 0.3 is 0 Å². The van der Waals surface area contributed by atoms with Gasteiger partial charge in [0.15, 0.2) is 18.0 Å². The van der Waals surface area contributed by atoms with Crippen molar-refractivity contribution in [3.63, 3.8) is 0 Å². The Morgan fingerprint density at radius 3 is 2.48 bits per heavy atom. The van der Waals surface area contributed by atoms with Crippen molar-refractivity contribution in [3.05, 3.63) is 53.7 Å². The van der Waals surface area contributed by atoms with Crippen molar-refractivity contribution in [1.82, 2.24) is 14.8 Å². The Labute approximate surface area is 165 Å². The van der Waals surface area contributed by atoms with Crippen molar-refractivity contribution in [2.24, 2.45) is 0 Å². The number of rotatable bonds is 2. The van der Waals surface area contributed by atoms with Crippen LogP contribution in [-0.4, -0.2) is 71.8 Å². The minimum absolute atomic E-state index is 0.0316. The number of morpholine rings is 1. The fourth-order valence-electron chi connectivity index (χ4n) is 3.51. The van der Waals surface area contributed by atoms with Crippen molar-refractivity contribution >= 4 is 11.8 Å². The molecule has 3 heterocycles. The van der Waals surface area contributed by atoms with Gasteiger partial charge in [0.2, 0.25) is 11.5 Å². The van der Waals surface area contributed by atoms with Gasteiger partial charge in [0.05, 0.1) is 32.5 Å². The van der Waals surface area contributed by atoms with Crippen LogP contribution in [-0.2, 0) is 9.47 Å². The van der Waals surface area contributed by atoms with Crippen LogP contribution in [0.25, 0.3) is 0 Å². The molecule has 1 aromatic heterocycles. The summed E-state index contributed by atoms with van der Waals surface area (Å²) in [6.45, 7) is 1.35. The zero-order valence-corrected chi connectivity index (χ0v) is 15.5. The smallest absolute Gasteiger partial charge is 0.291 e. The lowest BCUT2D eigenvalue weighted by atomic mass is 10.1. The number of hydrogen-bond acceptors (Lipinski definition) is 6. The molecule has 2 amide bonds. The predicted molar refractivity (Wildman–Crippen MR) is 93.9 cm³/mol. The van der Waals surface area contributed by atoms with Crippen molar-refractivity contribution in [3.8, 4) is 0 Å². The molecule has 0 aliphatic carbocycles. The van der Waals surface area contributed by atoms with Gasteiger partial charge in [-0.2, -0.15) is 0 Å². The highest BCUT2D eigenvalue weighted by Gasteiger charge is 2.43. The molecule has 2 saturated heterocycles. The van der Waals surface area contributed by atoms with E-state index in [0.29, 0.717) is 19.6 Å². The fraction of sp³-hybridized carbons (Fsp3) is 0.421. The quantitative estimate of drug-likeness (QED) is 0.753. The van der Waals surface area contributed by atoms with Gasteiger partial charge in [-0.05, 0) is 24.6 Å². The van der Waals surface area contributed by atoms with Gasteiger partial charge in [-0.3, -0.25) is 9.59 Å². The van der Waals surface area contributed by atoms with E-state index in [1.807, 2.05) is 0 Å². The topological polar surface area (TPSA) is 85.1 Å². The summed E-state index contributed by atoms with van der Waals surface area (Å²) in [6.07, 6.45) is 3.10. The van der Waals surface area contributed by atoms with E-state index in [1.54, 1.807) is 4.90 Å². The van der Waals surface area contributed by atoms with Crippen LogP contribution < -0.4 is 0 Å². The van der Waals surface area contributed by atoms with Crippen LogP contribution in [0.3, 0.4) is 0 Å². The van der Waals surface area contributed by atoms with Crippen LogP contribution in [0.15, 0.2) is 35.2 Å². The standard InChI is InChI=1S/C19H19F2N3O5/c20-14-3-2-13(8-15(14)21)17(25)24-5-7-29-19(11-24)10-23(4-1-6-28-19)18(26)16-9-22-12-27-16/h2-3,8-9,12H,1,4-7,10-11H2. The number of hydrogen-bond donors (Lipinski definition) is 0. The number of benzene rings is 1. The predicted octanol–water partition coefficient (Wildman–Crippen LogP) is 1.68. The average Bonchev–Trinajstić information content (AvgIpc) is 3.19. The molecule has 2 aliphatic heterocycles. The van der Waals surface area contributed by atoms with Crippen LogP contribution in [0.1, 0.15) is 27.3 Å². The Morgan fingerprint density at radius 1 is 1.00 bits per heavy atom. The first kappa shape index (κ1) is 19.5. The van der Waals surface area contributed by atoms with E-state index in [1.165, 1.54) is 23.6 Å². The number of halogens is 2. The van der Waals surface area contributed by atoms with E-state index in [2.05, 4.69) is 4.98 Å². The van der Waals surface area contributed by atoms with Crippen molar-refractivity contribution in [2.45, 2.75) is 12.2 Å². The van der Waals surface area contributed by atoms with E-state index in [9.17, 15) is 18.4 Å². The molecule has 1 unspecified atom stereocenters. The van der Waals surface area contributed by atoms with E-state index in [4.69, 9.17) is 13.9 Å². The molecule has 0 bridgehead atoms. The van der Waals surface area contributed by atoms with Crippen LogP contribution in [0.4, 0.5) is 8.78 Å². The fourth-order valence-corrected chi connectivity index (χ4v) is 3.51. The molecule has 2 aliphatic rings. The Balaban J connectivity index is 1.52. The van der Waals surface area contributed by atoms with Crippen LogP contribution >= 0.6 is 0 Å². The third-order valence-electron chi connectivity index (χ3n) is 4.91. The molecule has 154 valence electrons. The Kier molecular flexibility index (Phi) is 5.29. The number of amides is 2. The second kappa shape index (κ2) is 7.88. The van der Waals surface area contributed by atoms with Gasteiger partial charge in [0, 0.05) is 18.7 Å². The first-order valence-electron chi connectivity index (χ1n) is 9.17. The van der Waals surface area contributed by atoms with E-state index in [0.717, 1.165) is 12.1 Å². The van der Waals surface area contributed by atoms with Crippen LogP contribution in [0, 0.1) is 11.6 Å². The highest BCUT2D eigenvalue weighted by Crippen LogP contribution is 2.26. The second-order valence-corrected chi connectivity index (χ2v) is 6.91. The van der Waals surface area contributed by atoms with Crippen molar-refractivity contribution in [2.75, 3.05) is 39.4 Å². The van der Waals surface area contributed by atoms with Crippen LogP contribution in [0.2, 0.25) is 0 Å². The van der Waals surface area contributed by atoms with Gasteiger partial charge in [-0.25, -0.2) is 13.8 Å². The molecule has 1 atom stereocenters. The number of carbonyl (C=O) groups excluding carboxylic acids is 2. The number of ether oxygens (including phenoxy) is 2. The maximum Gasteiger partial charge on any atom is 0.291 e. The van der Waals surface area contributed by atoms with Crippen LogP contribution in [0.5, 0.6) is 0 Å². The van der Waals surface area contributed by atoms with Gasteiger partial charge in [0.1, 0.15) is 0 Å². The summed E-state index contributed by atoms with van der Waals surface area (Å²) in [7, 11) is 0. The summed E-state index contributed by atoms with van der Waals surface area (Å²) in [5.74, 6) is -4.03. The summed E-state index contributed by atoms with van der Waals surface area (Å²) >= 11 is 0. The average molecular weight is 407 g/mol. The Bertz CT molecular complexity index is 907.